The Morgan fingerprint density at radius 2 is 2.40 bits per heavy atom. The number of rotatable bonds is 2. The van der Waals surface area contributed by atoms with Crippen molar-refractivity contribution in [2.45, 2.75) is 39.2 Å². The number of fused-ring (bicyclic) bond motifs is 1. The van der Waals surface area contributed by atoms with Gasteiger partial charge in [0.2, 0.25) is 0 Å². The SMILES string of the molecule is CC(C)n1ncc2c1CC[C@H](C(N)=S)C2. The number of hydrogen-bond donors (Lipinski definition) is 1. The Kier molecular flexibility index (Phi) is 2.78. The summed E-state index contributed by atoms with van der Waals surface area (Å²) in [6, 6.07) is 0.440. The van der Waals surface area contributed by atoms with E-state index in [0.29, 0.717) is 16.9 Å². The van der Waals surface area contributed by atoms with Crippen molar-refractivity contribution in [1.82, 2.24) is 9.78 Å². The average molecular weight is 223 g/mol. The third-order valence-corrected chi connectivity index (χ3v) is 3.41. The molecule has 0 saturated carbocycles. The van der Waals surface area contributed by atoms with Crippen LogP contribution in [0.5, 0.6) is 0 Å². The van der Waals surface area contributed by atoms with E-state index in [-0.39, 0.29) is 0 Å². The highest BCUT2D eigenvalue weighted by atomic mass is 32.1. The highest BCUT2D eigenvalue weighted by Gasteiger charge is 2.24. The van der Waals surface area contributed by atoms with Crippen molar-refractivity contribution in [3.8, 4) is 0 Å². The largest absolute Gasteiger partial charge is 0.393 e. The summed E-state index contributed by atoms with van der Waals surface area (Å²) in [6.07, 6.45) is 5.06. The molecule has 2 N–H and O–H groups in total. The van der Waals surface area contributed by atoms with Crippen LogP contribution in [0, 0.1) is 5.92 Å². The molecule has 15 heavy (non-hydrogen) atoms. The zero-order valence-electron chi connectivity index (χ0n) is 9.23. The molecule has 0 saturated heterocycles. The normalized spacial score (nSPS) is 20.3. The van der Waals surface area contributed by atoms with Gasteiger partial charge in [-0.3, -0.25) is 4.68 Å². The number of aromatic nitrogens is 2. The van der Waals surface area contributed by atoms with Crippen molar-refractivity contribution in [1.29, 1.82) is 0 Å². The Balaban J connectivity index is 2.26. The van der Waals surface area contributed by atoms with Crippen LogP contribution in [0.3, 0.4) is 0 Å². The van der Waals surface area contributed by atoms with Crippen LogP contribution in [-0.2, 0) is 12.8 Å². The lowest BCUT2D eigenvalue weighted by Crippen LogP contribution is -2.27. The standard InChI is InChI=1S/C11H17N3S/c1-7(2)14-10-4-3-8(11(12)15)5-9(10)6-13-14/h6-8H,3-5H2,1-2H3,(H2,12,15)/t8-/m0/s1. The van der Waals surface area contributed by atoms with Gasteiger partial charge in [-0.1, -0.05) is 12.2 Å². The van der Waals surface area contributed by atoms with Crippen molar-refractivity contribution in [3.63, 3.8) is 0 Å². The van der Waals surface area contributed by atoms with Crippen LogP contribution in [-0.4, -0.2) is 14.8 Å². The molecule has 0 aliphatic heterocycles. The van der Waals surface area contributed by atoms with Gasteiger partial charge in [0.1, 0.15) is 0 Å². The molecule has 82 valence electrons. The summed E-state index contributed by atoms with van der Waals surface area (Å²) in [7, 11) is 0. The van der Waals surface area contributed by atoms with E-state index in [1.54, 1.807) is 0 Å². The van der Waals surface area contributed by atoms with Gasteiger partial charge in [0, 0.05) is 17.7 Å². The van der Waals surface area contributed by atoms with Crippen molar-refractivity contribution in [3.05, 3.63) is 17.5 Å². The topological polar surface area (TPSA) is 43.8 Å². The van der Waals surface area contributed by atoms with Gasteiger partial charge in [-0.05, 0) is 38.7 Å². The molecule has 1 aromatic rings. The lowest BCUT2D eigenvalue weighted by molar-refractivity contribution is 0.481. The third kappa shape index (κ3) is 1.91. The van der Waals surface area contributed by atoms with Crippen LogP contribution >= 0.6 is 12.2 Å². The molecular weight excluding hydrogens is 206 g/mol. The van der Waals surface area contributed by atoms with Crippen molar-refractivity contribution < 1.29 is 0 Å². The van der Waals surface area contributed by atoms with Gasteiger partial charge in [0.05, 0.1) is 11.2 Å². The monoisotopic (exact) mass is 223 g/mol. The van der Waals surface area contributed by atoms with Crippen LogP contribution < -0.4 is 5.73 Å². The van der Waals surface area contributed by atoms with Gasteiger partial charge in [-0.15, -0.1) is 0 Å². The average Bonchev–Trinajstić information content (AvgIpc) is 2.59. The quantitative estimate of drug-likeness (QED) is 0.778. The molecule has 0 amide bonds. The summed E-state index contributed by atoms with van der Waals surface area (Å²) in [4.78, 5) is 0.651. The van der Waals surface area contributed by atoms with Crippen LogP contribution in [0.2, 0.25) is 0 Å². The Bertz CT molecular complexity index is 381. The highest BCUT2D eigenvalue weighted by molar-refractivity contribution is 7.80. The summed E-state index contributed by atoms with van der Waals surface area (Å²) < 4.78 is 2.12. The molecule has 1 heterocycles. The second kappa shape index (κ2) is 3.93. The van der Waals surface area contributed by atoms with E-state index in [1.165, 1.54) is 11.3 Å². The lowest BCUT2D eigenvalue weighted by Gasteiger charge is -2.22. The fourth-order valence-corrected chi connectivity index (χ4v) is 2.44. The minimum absolute atomic E-state index is 0.373. The fourth-order valence-electron chi connectivity index (χ4n) is 2.24. The van der Waals surface area contributed by atoms with Gasteiger partial charge in [-0.25, -0.2) is 0 Å². The van der Waals surface area contributed by atoms with Crippen molar-refractivity contribution in [2.24, 2.45) is 11.7 Å². The number of hydrogen-bond acceptors (Lipinski definition) is 2. The number of nitrogens with two attached hydrogens (primary N) is 1. The van der Waals surface area contributed by atoms with E-state index in [0.717, 1.165) is 19.3 Å². The van der Waals surface area contributed by atoms with Crippen LogP contribution in [0.1, 0.15) is 37.6 Å². The molecule has 3 nitrogen and oxygen atoms in total. The van der Waals surface area contributed by atoms with Crippen molar-refractivity contribution in [2.75, 3.05) is 0 Å². The van der Waals surface area contributed by atoms with Crippen LogP contribution in [0.15, 0.2) is 6.20 Å². The highest BCUT2D eigenvalue weighted by Crippen LogP contribution is 2.27. The minimum Gasteiger partial charge on any atom is -0.393 e. The summed E-state index contributed by atoms with van der Waals surface area (Å²) in [5, 5.41) is 4.42. The first-order chi connectivity index (χ1) is 7.09. The number of thiocarbonyl (C=S) groups is 1. The van der Waals surface area contributed by atoms with Gasteiger partial charge < -0.3 is 5.73 Å². The maximum Gasteiger partial charge on any atom is 0.0762 e. The molecule has 0 fully saturated rings. The Morgan fingerprint density at radius 1 is 1.67 bits per heavy atom. The smallest absolute Gasteiger partial charge is 0.0762 e. The van der Waals surface area contributed by atoms with Gasteiger partial charge in [-0.2, -0.15) is 5.10 Å². The Hall–Kier alpha value is -0.900. The molecule has 0 radical (unpaired) electrons. The predicted octanol–water partition coefficient (Wildman–Crippen LogP) is 1.85. The first kappa shape index (κ1) is 10.6. The lowest BCUT2D eigenvalue weighted by atomic mass is 9.87. The molecule has 0 spiro atoms. The van der Waals surface area contributed by atoms with E-state index in [1.807, 2.05) is 6.20 Å². The van der Waals surface area contributed by atoms with E-state index in [9.17, 15) is 0 Å². The van der Waals surface area contributed by atoms with Crippen LogP contribution in [0.25, 0.3) is 0 Å². The van der Waals surface area contributed by atoms with Gasteiger partial charge in [0.25, 0.3) is 0 Å². The van der Waals surface area contributed by atoms with Gasteiger partial charge >= 0.3 is 0 Å². The first-order valence-electron chi connectivity index (χ1n) is 5.44. The molecule has 0 aromatic carbocycles. The summed E-state index contributed by atoms with van der Waals surface area (Å²) in [6.45, 7) is 4.32. The molecule has 4 heteroatoms. The molecule has 1 atom stereocenters. The third-order valence-electron chi connectivity index (χ3n) is 3.07. The fraction of sp³-hybridized carbons (Fsp3) is 0.636. The predicted molar refractivity (Wildman–Crippen MR) is 64.9 cm³/mol. The van der Waals surface area contributed by atoms with Gasteiger partial charge in [0.15, 0.2) is 0 Å². The second-order valence-corrected chi connectivity index (χ2v) is 4.97. The zero-order chi connectivity index (χ0) is 11.0. The zero-order valence-corrected chi connectivity index (χ0v) is 10.0. The number of nitrogens with zero attached hydrogens (tertiary/aromatic N) is 2. The minimum atomic E-state index is 0.373. The van der Waals surface area contributed by atoms with Crippen molar-refractivity contribution >= 4 is 17.2 Å². The summed E-state index contributed by atoms with van der Waals surface area (Å²) >= 11 is 5.05. The van der Waals surface area contributed by atoms with E-state index in [4.69, 9.17) is 18.0 Å². The first-order valence-corrected chi connectivity index (χ1v) is 5.85. The maximum absolute atomic E-state index is 5.70. The molecule has 1 aromatic heterocycles. The summed E-state index contributed by atoms with van der Waals surface area (Å²) in [5.41, 5.74) is 8.39. The molecule has 2 rings (SSSR count). The second-order valence-electron chi connectivity index (χ2n) is 4.50. The Labute approximate surface area is 95.7 Å². The van der Waals surface area contributed by atoms with Crippen LogP contribution in [0.4, 0.5) is 0 Å². The molecule has 0 bridgehead atoms. The van der Waals surface area contributed by atoms with E-state index >= 15 is 0 Å². The van der Waals surface area contributed by atoms with E-state index in [2.05, 4.69) is 23.6 Å². The maximum atomic E-state index is 5.70. The Morgan fingerprint density at radius 3 is 3.00 bits per heavy atom. The molecule has 1 aliphatic rings. The van der Waals surface area contributed by atoms with E-state index < -0.39 is 0 Å². The molecule has 0 unspecified atom stereocenters. The molecular formula is C11H17N3S. The molecule has 1 aliphatic carbocycles. The summed E-state index contributed by atoms with van der Waals surface area (Å²) in [5.74, 6) is 0.373.